The summed E-state index contributed by atoms with van der Waals surface area (Å²) in [6.07, 6.45) is 1.75. The fourth-order valence-corrected chi connectivity index (χ4v) is 1.99. The summed E-state index contributed by atoms with van der Waals surface area (Å²) in [6, 6.07) is 7.52. The van der Waals surface area contributed by atoms with Gasteiger partial charge in [-0.2, -0.15) is 5.10 Å². The molecule has 0 aliphatic carbocycles. The van der Waals surface area contributed by atoms with Gasteiger partial charge >= 0.3 is 0 Å². The highest BCUT2D eigenvalue weighted by Crippen LogP contribution is 2.26. The molecule has 1 aromatic carbocycles. The van der Waals surface area contributed by atoms with Gasteiger partial charge in [0.15, 0.2) is 0 Å². The smallest absolute Gasteiger partial charge is 0.0726 e. The number of nitrogens with zero attached hydrogens (tertiary/aromatic N) is 2. The topological polar surface area (TPSA) is 43.8 Å². The lowest BCUT2D eigenvalue weighted by molar-refractivity contribution is 0.671. The molecular formula is C12H14ClN3. The summed E-state index contributed by atoms with van der Waals surface area (Å²) in [4.78, 5) is 0. The fourth-order valence-electron chi connectivity index (χ4n) is 1.81. The normalized spacial score (nSPS) is 12.8. The number of hydrogen-bond acceptors (Lipinski definition) is 2. The summed E-state index contributed by atoms with van der Waals surface area (Å²) in [6.45, 7) is 1.98. The molecule has 0 fully saturated rings. The predicted molar refractivity (Wildman–Crippen MR) is 65.4 cm³/mol. The number of aryl methyl sites for hydroxylation is 1. The highest BCUT2D eigenvalue weighted by Gasteiger charge is 2.15. The van der Waals surface area contributed by atoms with Crippen LogP contribution < -0.4 is 5.73 Å². The zero-order chi connectivity index (χ0) is 11.7. The molecule has 16 heavy (non-hydrogen) atoms. The van der Waals surface area contributed by atoms with Gasteiger partial charge in [0.2, 0.25) is 0 Å². The first-order valence-electron chi connectivity index (χ1n) is 5.09. The molecule has 2 rings (SSSR count). The van der Waals surface area contributed by atoms with Crippen molar-refractivity contribution in [2.24, 2.45) is 12.8 Å². The monoisotopic (exact) mass is 235 g/mol. The van der Waals surface area contributed by atoms with Crippen LogP contribution in [-0.2, 0) is 7.05 Å². The fraction of sp³-hybridized carbons (Fsp3) is 0.250. The molecule has 2 N–H and O–H groups in total. The molecule has 3 nitrogen and oxygen atoms in total. The maximum absolute atomic E-state index is 6.21. The van der Waals surface area contributed by atoms with Crippen molar-refractivity contribution in [3.8, 4) is 0 Å². The van der Waals surface area contributed by atoms with Crippen molar-refractivity contribution in [2.45, 2.75) is 13.0 Å². The van der Waals surface area contributed by atoms with Crippen LogP contribution in [0.3, 0.4) is 0 Å². The Morgan fingerprint density at radius 3 is 2.75 bits per heavy atom. The quantitative estimate of drug-likeness (QED) is 0.869. The van der Waals surface area contributed by atoms with Crippen LogP contribution >= 0.6 is 11.6 Å². The number of aromatic nitrogens is 2. The number of hydrogen-bond donors (Lipinski definition) is 1. The molecule has 0 amide bonds. The lowest BCUT2D eigenvalue weighted by atomic mass is 9.99. The summed E-state index contributed by atoms with van der Waals surface area (Å²) < 4.78 is 1.78. The van der Waals surface area contributed by atoms with Gasteiger partial charge in [-0.25, -0.2) is 0 Å². The zero-order valence-corrected chi connectivity index (χ0v) is 10.1. The van der Waals surface area contributed by atoms with E-state index in [1.54, 1.807) is 10.9 Å². The maximum Gasteiger partial charge on any atom is 0.0726 e. The summed E-state index contributed by atoms with van der Waals surface area (Å²) >= 11 is 6.08. The minimum atomic E-state index is -0.189. The Morgan fingerprint density at radius 2 is 2.12 bits per heavy atom. The molecule has 1 aromatic heterocycles. The van der Waals surface area contributed by atoms with E-state index in [1.165, 1.54) is 0 Å². The van der Waals surface area contributed by atoms with E-state index in [1.807, 2.05) is 38.2 Å². The van der Waals surface area contributed by atoms with Gasteiger partial charge in [0.1, 0.15) is 0 Å². The molecule has 84 valence electrons. The third kappa shape index (κ3) is 1.84. The number of rotatable bonds is 2. The number of nitrogens with two attached hydrogens (primary N) is 1. The molecule has 0 saturated carbocycles. The highest BCUT2D eigenvalue weighted by molar-refractivity contribution is 6.31. The average molecular weight is 236 g/mol. The molecule has 0 aliphatic heterocycles. The lowest BCUT2D eigenvalue weighted by Gasteiger charge is -2.15. The van der Waals surface area contributed by atoms with E-state index in [9.17, 15) is 0 Å². The van der Waals surface area contributed by atoms with Crippen LogP contribution in [-0.4, -0.2) is 9.78 Å². The molecule has 2 aromatic rings. The van der Waals surface area contributed by atoms with Gasteiger partial charge in [-0.1, -0.05) is 23.7 Å². The van der Waals surface area contributed by atoms with Crippen LogP contribution in [0, 0.1) is 6.92 Å². The average Bonchev–Trinajstić information content (AvgIpc) is 2.68. The Labute approximate surface area is 99.8 Å². The Bertz CT molecular complexity index is 505. The van der Waals surface area contributed by atoms with Crippen LogP contribution in [0.4, 0.5) is 0 Å². The van der Waals surface area contributed by atoms with Gasteiger partial charge in [0.25, 0.3) is 0 Å². The third-order valence-corrected chi connectivity index (χ3v) is 3.23. The van der Waals surface area contributed by atoms with Crippen molar-refractivity contribution in [1.82, 2.24) is 9.78 Å². The standard InChI is InChI=1S/C12H14ClN3/c1-8-9(4-3-5-10(8)13)12(14)11-6-7-15-16(11)2/h3-7,12H,14H2,1-2H3. The molecule has 1 atom stereocenters. The van der Waals surface area contributed by atoms with Gasteiger partial charge < -0.3 is 5.73 Å². The largest absolute Gasteiger partial charge is 0.319 e. The van der Waals surface area contributed by atoms with Crippen LogP contribution in [0.15, 0.2) is 30.5 Å². The van der Waals surface area contributed by atoms with E-state index in [0.29, 0.717) is 0 Å². The van der Waals surface area contributed by atoms with Crippen molar-refractivity contribution in [3.05, 3.63) is 52.3 Å². The van der Waals surface area contributed by atoms with E-state index >= 15 is 0 Å². The van der Waals surface area contributed by atoms with Crippen LogP contribution in [0.2, 0.25) is 5.02 Å². The Hall–Kier alpha value is -1.32. The predicted octanol–water partition coefficient (Wildman–Crippen LogP) is 2.43. The first-order valence-corrected chi connectivity index (χ1v) is 5.47. The molecule has 4 heteroatoms. The first-order chi connectivity index (χ1) is 7.61. The van der Waals surface area contributed by atoms with E-state index < -0.39 is 0 Å². The molecule has 1 unspecified atom stereocenters. The van der Waals surface area contributed by atoms with Crippen molar-refractivity contribution in [1.29, 1.82) is 0 Å². The molecule has 1 heterocycles. The van der Waals surface area contributed by atoms with E-state index in [-0.39, 0.29) is 6.04 Å². The highest BCUT2D eigenvalue weighted by atomic mass is 35.5. The zero-order valence-electron chi connectivity index (χ0n) is 9.31. The SMILES string of the molecule is Cc1c(Cl)cccc1C(N)c1ccnn1C. The van der Waals surface area contributed by atoms with Crippen molar-refractivity contribution >= 4 is 11.6 Å². The van der Waals surface area contributed by atoms with Gasteiger partial charge in [-0.05, 0) is 30.2 Å². The maximum atomic E-state index is 6.21. The summed E-state index contributed by atoms with van der Waals surface area (Å²) in [7, 11) is 1.88. The van der Waals surface area contributed by atoms with Gasteiger partial charge in [0, 0.05) is 18.3 Å². The first kappa shape index (κ1) is 11.2. The van der Waals surface area contributed by atoms with Crippen LogP contribution in [0.25, 0.3) is 0 Å². The molecule has 0 radical (unpaired) electrons. The molecule has 0 spiro atoms. The summed E-state index contributed by atoms with van der Waals surface area (Å²) in [5, 5.41) is 4.86. The van der Waals surface area contributed by atoms with Crippen molar-refractivity contribution in [2.75, 3.05) is 0 Å². The Balaban J connectivity index is 2.46. The van der Waals surface area contributed by atoms with Gasteiger partial charge in [-0.15, -0.1) is 0 Å². The number of benzene rings is 1. The lowest BCUT2D eigenvalue weighted by Crippen LogP contribution is -2.17. The Kier molecular flexibility index (Phi) is 2.99. The second kappa shape index (κ2) is 4.28. The summed E-state index contributed by atoms with van der Waals surface area (Å²) in [5.41, 5.74) is 9.25. The van der Waals surface area contributed by atoms with Crippen LogP contribution in [0.5, 0.6) is 0 Å². The van der Waals surface area contributed by atoms with Gasteiger partial charge in [0.05, 0.1) is 11.7 Å². The summed E-state index contributed by atoms with van der Waals surface area (Å²) in [5.74, 6) is 0. The van der Waals surface area contributed by atoms with E-state index in [0.717, 1.165) is 21.8 Å². The van der Waals surface area contributed by atoms with Crippen LogP contribution in [0.1, 0.15) is 22.9 Å². The van der Waals surface area contributed by atoms with E-state index in [2.05, 4.69) is 5.10 Å². The Morgan fingerprint density at radius 1 is 1.38 bits per heavy atom. The minimum absolute atomic E-state index is 0.189. The van der Waals surface area contributed by atoms with Gasteiger partial charge in [-0.3, -0.25) is 4.68 Å². The van der Waals surface area contributed by atoms with Crippen molar-refractivity contribution in [3.63, 3.8) is 0 Å². The third-order valence-electron chi connectivity index (χ3n) is 2.82. The molecule has 0 saturated heterocycles. The molecule has 0 aliphatic rings. The van der Waals surface area contributed by atoms with Crippen molar-refractivity contribution < 1.29 is 0 Å². The second-order valence-electron chi connectivity index (χ2n) is 3.81. The molecule has 0 bridgehead atoms. The molecular weight excluding hydrogens is 222 g/mol. The van der Waals surface area contributed by atoms with E-state index in [4.69, 9.17) is 17.3 Å². The number of halogens is 1. The minimum Gasteiger partial charge on any atom is -0.319 e. The second-order valence-corrected chi connectivity index (χ2v) is 4.22.